The van der Waals surface area contributed by atoms with Gasteiger partial charge < -0.3 is 14.7 Å². The number of benzene rings is 1. The average Bonchev–Trinajstić information content (AvgIpc) is 3.53. The molecule has 1 unspecified atom stereocenters. The van der Waals surface area contributed by atoms with Crippen LogP contribution < -0.4 is 9.64 Å². The maximum atomic E-state index is 14.1. The molecule has 0 aliphatic carbocycles. The van der Waals surface area contributed by atoms with Gasteiger partial charge in [0.15, 0.2) is 5.78 Å². The first-order chi connectivity index (χ1) is 18.0. The van der Waals surface area contributed by atoms with Crippen LogP contribution in [-0.2, 0) is 9.59 Å². The van der Waals surface area contributed by atoms with Crippen molar-refractivity contribution >= 4 is 33.9 Å². The quantitative estimate of drug-likeness (QED) is 0.434. The van der Waals surface area contributed by atoms with E-state index in [1.165, 1.54) is 46.2 Å². The van der Waals surface area contributed by atoms with Gasteiger partial charge >= 0.3 is 0 Å². The van der Waals surface area contributed by atoms with Crippen LogP contribution in [0.5, 0.6) is 5.75 Å². The molecule has 0 saturated heterocycles. The Balaban J connectivity index is 1.82. The molecule has 3 atom stereocenters. The van der Waals surface area contributed by atoms with E-state index < -0.39 is 35.4 Å². The van der Waals surface area contributed by atoms with Gasteiger partial charge in [0.2, 0.25) is 11.8 Å². The van der Waals surface area contributed by atoms with E-state index in [0.29, 0.717) is 15.6 Å². The number of hydrogen-bond donors (Lipinski definition) is 1. The Bertz CT molecular complexity index is 1370. The van der Waals surface area contributed by atoms with E-state index >= 15 is 0 Å². The normalized spacial score (nSPS) is 17.0. The Morgan fingerprint density at radius 3 is 2.47 bits per heavy atom. The number of rotatable bonds is 8. The fourth-order valence-corrected chi connectivity index (χ4v) is 5.83. The number of Topliss-reactive ketones (excluding diaryl/α,β-unsaturated/α-hetero) is 1. The van der Waals surface area contributed by atoms with Crippen LogP contribution in [0.3, 0.4) is 0 Å². The molecular formula is C26H30FN5O5S. The standard InChI is InChI=1S/C26H30FN5O5S/c1-13(2)30(5)23(35)14(3)20-22(34)21-15(4)25(32-28-9-10-29-32)38-26(21)31(24(20)36)12-18(33)17-11-16(27)7-8-19(17)37-6/h7-11,13-14,18,20,33H,12H2,1-6H3/t14-,18-,20?/m0/s1. The molecule has 1 N–H and O–H groups in total. The summed E-state index contributed by atoms with van der Waals surface area (Å²) in [5.74, 6) is -4.01. The molecule has 10 nitrogen and oxygen atoms in total. The third-order valence-corrected chi connectivity index (χ3v) is 8.21. The average molecular weight is 544 g/mol. The van der Waals surface area contributed by atoms with Gasteiger partial charge in [-0.05, 0) is 39.0 Å². The second kappa shape index (κ2) is 10.6. The molecule has 2 amide bonds. The van der Waals surface area contributed by atoms with Gasteiger partial charge in [-0.15, -0.1) is 4.80 Å². The van der Waals surface area contributed by atoms with Crippen LogP contribution in [0.25, 0.3) is 5.00 Å². The van der Waals surface area contributed by atoms with Crippen LogP contribution >= 0.6 is 11.3 Å². The first-order valence-electron chi connectivity index (χ1n) is 12.1. The Labute approximate surface area is 223 Å². The smallest absolute Gasteiger partial charge is 0.239 e. The zero-order valence-electron chi connectivity index (χ0n) is 22.0. The highest BCUT2D eigenvalue weighted by Gasteiger charge is 2.48. The Hall–Kier alpha value is -3.64. The summed E-state index contributed by atoms with van der Waals surface area (Å²) in [7, 11) is 3.02. The van der Waals surface area contributed by atoms with E-state index in [0.717, 1.165) is 17.4 Å². The summed E-state index contributed by atoms with van der Waals surface area (Å²) in [6.07, 6.45) is 1.65. The topological polar surface area (TPSA) is 118 Å². The van der Waals surface area contributed by atoms with E-state index in [9.17, 15) is 23.9 Å². The van der Waals surface area contributed by atoms with Crippen LogP contribution in [0.4, 0.5) is 9.39 Å². The maximum absolute atomic E-state index is 14.1. The maximum Gasteiger partial charge on any atom is 0.239 e. The highest BCUT2D eigenvalue weighted by Crippen LogP contribution is 2.45. The molecule has 0 radical (unpaired) electrons. The summed E-state index contributed by atoms with van der Waals surface area (Å²) in [4.78, 5) is 45.1. The minimum absolute atomic E-state index is 0.131. The van der Waals surface area contributed by atoms with Crippen molar-refractivity contribution in [2.75, 3.05) is 25.6 Å². The number of fused-ring (bicyclic) bond motifs is 1. The number of carbonyl (C=O) groups is 3. The molecule has 0 bridgehead atoms. The Morgan fingerprint density at radius 2 is 1.87 bits per heavy atom. The van der Waals surface area contributed by atoms with Crippen molar-refractivity contribution in [1.82, 2.24) is 19.9 Å². The van der Waals surface area contributed by atoms with E-state index in [2.05, 4.69) is 10.2 Å². The lowest BCUT2D eigenvalue weighted by Crippen LogP contribution is -2.51. The second-order valence-corrected chi connectivity index (χ2v) is 10.5. The number of methoxy groups -OCH3 is 1. The van der Waals surface area contributed by atoms with Crippen molar-refractivity contribution in [1.29, 1.82) is 0 Å². The minimum atomic E-state index is -1.34. The van der Waals surface area contributed by atoms with Gasteiger partial charge in [-0.2, -0.15) is 10.2 Å². The van der Waals surface area contributed by atoms with Gasteiger partial charge in [0, 0.05) is 24.2 Å². The van der Waals surface area contributed by atoms with Gasteiger partial charge in [0.05, 0.1) is 37.5 Å². The van der Waals surface area contributed by atoms with E-state index in [4.69, 9.17) is 4.74 Å². The second-order valence-electron chi connectivity index (χ2n) is 9.56. The molecule has 4 rings (SSSR count). The molecule has 1 aliphatic rings. The van der Waals surface area contributed by atoms with E-state index in [-0.39, 0.29) is 35.4 Å². The van der Waals surface area contributed by atoms with Crippen LogP contribution in [0, 0.1) is 24.6 Å². The molecule has 1 aliphatic heterocycles. The number of β-amino-alcohol motifs (C(OH)–C–C–N with tert-alkyl or cyclic N) is 1. The number of aliphatic hydroxyl groups is 1. The zero-order chi connectivity index (χ0) is 27.9. The number of aromatic nitrogens is 3. The lowest BCUT2D eigenvalue weighted by atomic mass is 9.81. The van der Waals surface area contributed by atoms with Crippen LogP contribution in [0.15, 0.2) is 30.6 Å². The molecule has 0 saturated carbocycles. The van der Waals surface area contributed by atoms with Crippen molar-refractivity contribution in [3.8, 4) is 10.8 Å². The number of hydrogen-bond acceptors (Lipinski definition) is 8. The van der Waals surface area contributed by atoms with Crippen molar-refractivity contribution in [2.24, 2.45) is 11.8 Å². The molecule has 12 heteroatoms. The van der Waals surface area contributed by atoms with Gasteiger partial charge in [-0.25, -0.2) is 4.39 Å². The molecule has 0 spiro atoms. The summed E-state index contributed by atoms with van der Waals surface area (Å²) in [5, 5.41) is 20.3. The number of halogens is 1. The third-order valence-electron chi connectivity index (χ3n) is 6.93. The number of amides is 2. The number of aliphatic hydroxyl groups excluding tert-OH is 1. The van der Waals surface area contributed by atoms with Crippen molar-refractivity contribution in [2.45, 2.75) is 39.8 Å². The molecule has 3 heterocycles. The Morgan fingerprint density at radius 1 is 1.21 bits per heavy atom. The van der Waals surface area contributed by atoms with Gasteiger partial charge in [0.1, 0.15) is 33.6 Å². The van der Waals surface area contributed by atoms with Gasteiger partial charge in [-0.3, -0.25) is 19.3 Å². The van der Waals surface area contributed by atoms with Crippen LogP contribution in [0.2, 0.25) is 0 Å². The lowest BCUT2D eigenvalue weighted by molar-refractivity contribution is -0.139. The van der Waals surface area contributed by atoms with Crippen LogP contribution in [-0.4, -0.2) is 69.3 Å². The molecule has 2 aromatic heterocycles. The van der Waals surface area contributed by atoms with Crippen molar-refractivity contribution < 1.29 is 28.6 Å². The number of ether oxygens (including phenoxy) is 1. The largest absolute Gasteiger partial charge is 0.496 e. The van der Waals surface area contributed by atoms with Crippen LogP contribution in [0.1, 0.15) is 48.4 Å². The predicted molar refractivity (Wildman–Crippen MR) is 139 cm³/mol. The van der Waals surface area contributed by atoms with Gasteiger partial charge in [-0.1, -0.05) is 18.3 Å². The molecule has 1 aromatic carbocycles. The summed E-state index contributed by atoms with van der Waals surface area (Å²) in [6, 6.07) is 3.61. The van der Waals surface area contributed by atoms with Crippen molar-refractivity contribution in [3.63, 3.8) is 0 Å². The zero-order valence-corrected chi connectivity index (χ0v) is 22.8. The summed E-state index contributed by atoms with van der Waals surface area (Å²) in [5.41, 5.74) is 0.988. The number of carbonyl (C=O) groups excluding carboxylic acids is 3. The van der Waals surface area contributed by atoms with E-state index in [1.54, 1.807) is 20.9 Å². The highest BCUT2D eigenvalue weighted by atomic mass is 32.1. The summed E-state index contributed by atoms with van der Waals surface area (Å²) in [6.45, 7) is 6.69. The minimum Gasteiger partial charge on any atom is -0.496 e. The molecule has 38 heavy (non-hydrogen) atoms. The number of ketones is 1. The fraction of sp³-hybridized carbons (Fsp3) is 0.423. The highest BCUT2D eigenvalue weighted by molar-refractivity contribution is 7.19. The number of anilines is 1. The van der Waals surface area contributed by atoms with Crippen molar-refractivity contribution in [3.05, 3.63) is 53.1 Å². The predicted octanol–water partition coefficient (Wildman–Crippen LogP) is 3.17. The first kappa shape index (κ1) is 27.4. The number of nitrogens with zero attached hydrogens (tertiary/aromatic N) is 5. The van der Waals surface area contributed by atoms with Gasteiger partial charge in [0.25, 0.3) is 0 Å². The van der Waals surface area contributed by atoms with E-state index in [1.807, 2.05) is 13.8 Å². The fourth-order valence-electron chi connectivity index (χ4n) is 4.58. The third kappa shape index (κ3) is 4.69. The molecule has 202 valence electrons. The molecular weight excluding hydrogens is 513 g/mol. The first-order valence-corrected chi connectivity index (χ1v) is 12.9. The lowest BCUT2D eigenvalue weighted by Gasteiger charge is -2.36. The SMILES string of the molecule is COc1ccc(F)cc1[C@@H](O)CN1C(=O)C([C@H](C)C(=O)N(C)C(C)C)C(=O)c2c1sc(-n1nccn1)c2C. The molecule has 0 fully saturated rings. The monoisotopic (exact) mass is 543 g/mol. The number of thiophene rings is 1. The summed E-state index contributed by atoms with van der Waals surface area (Å²) < 4.78 is 19.3. The Kier molecular flexibility index (Phi) is 7.65. The molecule has 3 aromatic rings. The summed E-state index contributed by atoms with van der Waals surface area (Å²) >= 11 is 1.13.